The van der Waals surface area contributed by atoms with Crippen molar-refractivity contribution in [3.63, 3.8) is 0 Å². The zero-order valence-electron chi connectivity index (χ0n) is 17.2. The molecule has 0 aromatic heterocycles. The van der Waals surface area contributed by atoms with E-state index in [9.17, 15) is 0 Å². The Labute approximate surface area is 175 Å². The van der Waals surface area contributed by atoms with Crippen molar-refractivity contribution in [2.45, 2.75) is 63.5 Å². The van der Waals surface area contributed by atoms with Crippen molar-refractivity contribution in [1.82, 2.24) is 10.2 Å². The zero-order chi connectivity index (χ0) is 20.2. The number of ether oxygens (including phenoxy) is 1. The van der Waals surface area contributed by atoms with Crippen LogP contribution in [0.3, 0.4) is 0 Å². The lowest BCUT2D eigenvalue weighted by Gasteiger charge is -2.36. The Hall–Kier alpha value is -1.68. The van der Waals surface area contributed by atoms with E-state index >= 15 is 0 Å². The summed E-state index contributed by atoms with van der Waals surface area (Å²) in [6, 6.07) is 9.97. The number of nitrogens with one attached hydrogen (secondary N) is 2. The molecule has 1 aliphatic carbocycles. The fourth-order valence-corrected chi connectivity index (χ4v) is 3.88. The van der Waals surface area contributed by atoms with Crippen molar-refractivity contribution in [2.24, 2.45) is 0 Å². The highest BCUT2D eigenvalue weighted by Gasteiger charge is 2.25. The molecule has 154 valence electrons. The lowest BCUT2D eigenvalue weighted by atomic mass is 9.92. The van der Waals surface area contributed by atoms with Crippen LogP contribution in [-0.2, 0) is 4.74 Å². The first-order chi connectivity index (χ1) is 13.6. The summed E-state index contributed by atoms with van der Waals surface area (Å²) >= 11 is 5.57. The van der Waals surface area contributed by atoms with Gasteiger partial charge in [-0.25, -0.2) is 0 Å². The van der Waals surface area contributed by atoms with Crippen molar-refractivity contribution < 1.29 is 4.74 Å². The van der Waals surface area contributed by atoms with Crippen LogP contribution in [0.4, 0.5) is 5.69 Å². The Morgan fingerprint density at radius 3 is 2.46 bits per heavy atom. The van der Waals surface area contributed by atoms with Gasteiger partial charge in [-0.3, -0.25) is 0 Å². The molecular weight excluding hydrogens is 368 g/mol. The van der Waals surface area contributed by atoms with Crippen LogP contribution in [0.1, 0.15) is 56.9 Å². The van der Waals surface area contributed by atoms with E-state index in [1.165, 1.54) is 25.7 Å². The molecule has 0 atom stereocenters. The van der Waals surface area contributed by atoms with E-state index in [1.54, 1.807) is 12.1 Å². The van der Waals surface area contributed by atoms with E-state index in [0.29, 0.717) is 17.7 Å². The second kappa shape index (κ2) is 12.7. The van der Waals surface area contributed by atoms with Gasteiger partial charge in [-0.1, -0.05) is 12.8 Å². The summed E-state index contributed by atoms with van der Waals surface area (Å²) in [7, 11) is 4.07. The number of nitriles is 1. The van der Waals surface area contributed by atoms with Gasteiger partial charge in [-0.05, 0) is 88.6 Å². The minimum absolute atomic E-state index is 0.405. The summed E-state index contributed by atoms with van der Waals surface area (Å²) in [6.45, 7) is 2.00. The molecule has 0 aliphatic heterocycles. The second-order valence-corrected chi connectivity index (χ2v) is 7.94. The van der Waals surface area contributed by atoms with E-state index < -0.39 is 0 Å². The van der Waals surface area contributed by atoms with Crippen molar-refractivity contribution in [3.05, 3.63) is 29.8 Å². The van der Waals surface area contributed by atoms with Gasteiger partial charge >= 0.3 is 0 Å². The number of benzene rings is 1. The van der Waals surface area contributed by atoms with Crippen LogP contribution in [0, 0.1) is 11.3 Å². The molecule has 0 bridgehead atoms. The molecule has 2 rings (SSSR count). The maximum atomic E-state index is 8.89. The minimum atomic E-state index is 0.405. The van der Waals surface area contributed by atoms with Crippen molar-refractivity contribution in [2.75, 3.05) is 32.6 Å². The molecule has 28 heavy (non-hydrogen) atoms. The molecule has 0 amide bonds. The first-order valence-electron chi connectivity index (χ1n) is 10.4. The number of hydrogen-bond acceptors (Lipinski definition) is 4. The zero-order valence-corrected chi connectivity index (χ0v) is 18.1. The van der Waals surface area contributed by atoms with Gasteiger partial charge < -0.3 is 20.3 Å². The van der Waals surface area contributed by atoms with Crippen LogP contribution in [0.2, 0.25) is 0 Å². The monoisotopic (exact) mass is 402 g/mol. The number of rotatable bonds is 10. The highest BCUT2D eigenvalue weighted by atomic mass is 32.1. The Morgan fingerprint density at radius 2 is 1.82 bits per heavy atom. The maximum absolute atomic E-state index is 8.89. The van der Waals surface area contributed by atoms with E-state index in [0.717, 1.165) is 49.6 Å². The lowest BCUT2D eigenvalue weighted by molar-refractivity contribution is 0.0149. The summed E-state index contributed by atoms with van der Waals surface area (Å²) in [6.07, 6.45) is 9.80. The van der Waals surface area contributed by atoms with Gasteiger partial charge in [0.1, 0.15) is 0 Å². The molecule has 1 aromatic rings. The molecule has 1 aliphatic rings. The van der Waals surface area contributed by atoms with Crippen molar-refractivity contribution in [1.29, 1.82) is 5.26 Å². The fourth-order valence-electron chi connectivity index (χ4n) is 3.61. The third-order valence-corrected chi connectivity index (χ3v) is 5.84. The standard InChI is InChI=1S/C22H34N4OS/c1-24-15-5-3-4-6-16-27-21-13-11-20(12-14-21)26(2)22(28)25-19-9-7-18(17-23)8-10-19/h7-10,20-21,24H,3-6,11-16H2,1-2H3,(H,25,28). The summed E-state index contributed by atoms with van der Waals surface area (Å²) in [5.41, 5.74) is 1.57. The van der Waals surface area contributed by atoms with Gasteiger partial charge in [-0.2, -0.15) is 5.26 Å². The number of thiocarbonyl (C=S) groups is 1. The SMILES string of the molecule is CNCCCCCCOC1CCC(N(C)C(=S)Nc2ccc(C#N)cc2)CC1. The third-order valence-electron chi connectivity index (χ3n) is 5.45. The average molecular weight is 403 g/mol. The average Bonchev–Trinajstić information content (AvgIpc) is 2.73. The molecular formula is C22H34N4OS. The molecule has 0 radical (unpaired) electrons. The summed E-state index contributed by atoms with van der Waals surface area (Å²) < 4.78 is 6.09. The Bertz CT molecular complexity index is 620. The number of nitrogens with zero attached hydrogens (tertiary/aromatic N) is 2. The molecule has 2 N–H and O–H groups in total. The van der Waals surface area contributed by atoms with E-state index in [1.807, 2.05) is 19.2 Å². The number of hydrogen-bond donors (Lipinski definition) is 2. The van der Waals surface area contributed by atoms with Crippen LogP contribution < -0.4 is 10.6 Å². The topological polar surface area (TPSA) is 60.3 Å². The van der Waals surface area contributed by atoms with Gasteiger partial charge in [0, 0.05) is 25.4 Å². The first kappa shape index (κ1) is 22.6. The highest BCUT2D eigenvalue weighted by molar-refractivity contribution is 7.80. The number of unbranched alkanes of at least 4 members (excludes halogenated alkanes) is 3. The molecule has 0 unspecified atom stereocenters. The molecule has 1 fully saturated rings. The number of anilines is 1. The summed E-state index contributed by atoms with van der Waals surface area (Å²) in [4.78, 5) is 2.17. The van der Waals surface area contributed by atoms with E-state index in [4.69, 9.17) is 22.2 Å². The third kappa shape index (κ3) is 7.75. The van der Waals surface area contributed by atoms with Gasteiger partial charge in [-0.15, -0.1) is 0 Å². The van der Waals surface area contributed by atoms with Gasteiger partial charge in [0.15, 0.2) is 5.11 Å². The van der Waals surface area contributed by atoms with E-state index in [-0.39, 0.29) is 0 Å². The van der Waals surface area contributed by atoms with E-state index in [2.05, 4.69) is 28.7 Å². The first-order valence-corrected chi connectivity index (χ1v) is 10.8. The Balaban J connectivity index is 1.63. The Morgan fingerprint density at radius 1 is 1.14 bits per heavy atom. The predicted molar refractivity (Wildman–Crippen MR) is 120 cm³/mol. The fraction of sp³-hybridized carbons (Fsp3) is 0.636. The normalized spacial score (nSPS) is 19.0. The van der Waals surface area contributed by atoms with Gasteiger partial charge in [0.05, 0.1) is 17.7 Å². The van der Waals surface area contributed by atoms with Crippen LogP contribution in [-0.4, -0.2) is 49.4 Å². The molecule has 1 aromatic carbocycles. The molecule has 1 saturated carbocycles. The van der Waals surface area contributed by atoms with Crippen LogP contribution in [0.15, 0.2) is 24.3 Å². The lowest BCUT2D eigenvalue weighted by Crippen LogP contribution is -2.42. The van der Waals surface area contributed by atoms with Crippen LogP contribution in [0.5, 0.6) is 0 Å². The highest BCUT2D eigenvalue weighted by Crippen LogP contribution is 2.25. The Kier molecular flexibility index (Phi) is 10.3. The molecule has 6 heteroatoms. The molecule has 0 heterocycles. The molecule has 0 spiro atoms. The summed E-state index contributed by atoms with van der Waals surface area (Å²) in [5, 5.41) is 16.1. The second-order valence-electron chi connectivity index (χ2n) is 7.55. The van der Waals surface area contributed by atoms with Crippen LogP contribution in [0.25, 0.3) is 0 Å². The van der Waals surface area contributed by atoms with Gasteiger partial charge in [0.2, 0.25) is 0 Å². The van der Waals surface area contributed by atoms with Crippen molar-refractivity contribution >= 4 is 23.0 Å². The minimum Gasteiger partial charge on any atom is -0.378 e. The largest absolute Gasteiger partial charge is 0.378 e. The quantitative estimate of drug-likeness (QED) is 0.450. The maximum Gasteiger partial charge on any atom is 0.173 e. The molecule has 0 saturated heterocycles. The summed E-state index contributed by atoms with van der Waals surface area (Å²) in [5.74, 6) is 0. The van der Waals surface area contributed by atoms with Gasteiger partial charge in [0.25, 0.3) is 0 Å². The smallest absolute Gasteiger partial charge is 0.173 e. The molecule has 5 nitrogen and oxygen atoms in total. The van der Waals surface area contributed by atoms with Crippen LogP contribution >= 0.6 is 12.2 Å². The van der Waals surface area contributed by atoms with Crippen molar-refractivity contribution in [3.8, 4) is 6.07 Å². The predicted octanol–water partition coefficient (Wildman–Crippen LogP) is 4.29.